The van der Waals surface area contributed by atoms with Crippen LogP contribution in [0.5, 0.6) is 5.75 Å². The average Bonchev–Trinajstić information content (AvgIpc) is 3.73. The van der Waals surface area contributed by atoms with Crippen LogP contribution in [0.25, 0.3) is 5.69 Å². The molecule has 11 heteroatoms. The summed E-state index contributed by atoms with van der Waals surface area (Å²) in [5, 5.41) is 12.8. The number of hydrogen-bond donors (Lipinski definition) is 3. The first-order valence-electron chi connectivity index (χ1n) is 12.5. The summed E-state index contributed by atoms with van der Waals surface area (Å²) in [7, 11) is 1.65. The number of nitrogen functional groups attached to an aromatic ring is 2. The number of aromatic nitrogens is 2. The molecule has 39 heavy (non-hydrogen) atoms. The van der Waals surface area contributed by atoms with Gasteiger partial charge in [-0.05, 0) is 56.2 Å². The van der Waals surface area contributed by atoms with E-state index in [1.54, 1.807) is 11.8 Å². The fraction of sp³-hybridized carbons (Fsp3) is 0.393. The molecule has 0 amide bonds. The number of halogens is 1. The first-order valence-corrected chi connectivity index (χ1v) is 12.5. The van der Waals surface area contributed by atoms with Crippen LogP contribution in [0, 0.1) is 24.2 Å². The van der Waals surface area contributed by atoms with Crippen molar-refractivity contribution in [3.8, 4) is 17.5 Å². The molecule has 10 nitrogen and oxygen atoms in total. The van der Waals surface area contributed by atoms with Gasteiger partial charge in [-0.15, -0.1) is 12.4 Å². The third kappa shape index (κ3) is 9.57. The summed E-state index contributed by atoms with van der Waals surface area (Å²) in [5.41, 5.74) is 12.7. The molecule has 2 atom stereocenters. The van der Waals surface area contributed by atoms with Crippen LogP contribution in [0.1, 0.15) is 36.4 Å². The summed E-state index contributed by atoms with van der Waals surface area (Å²) in [4.78, 5) is 10.9. The van der Waals surface area contributed by atoms with Gasteiger partial charge in [-0.1, -0.05) is 17.7 Å². The summed E-state index contributed by atoms with van der Waals surface area (Å²) < 4.78 is 17.3. The van der Waals surface area contributed by atoms with Crippen LogP contribution in [0.15, 0.2) is 54.6 Å². The molecule has 2 saturated heterocycles. The van der Waals surface area contributed by atoms with Gasteiger partial charge in [0.2, 0.25) is 0 Å². The number of carbonyl (C=O) groups excluding carboxylic acids is 1. The maximum atomic E-state index is 10.9. The Morgan fingerprint density at radius 3 is 2.33 bits per heavy atom. The number of ether oxygens (including phenoxy) is 3. The van der Waals surface area contributed by atoms with Crippen molar-refractivity contribution in [2.75, 3.05) is 44.7 Å². The number of aryl methyl sites for hydroxylation is 1. The number of Topliss-reactive ketones (excluding diaryl/α,β-unsaturated/α-hetero) is 1. The SMILES string of the molecule is COc1ccc(-n2nc(C3CCOC3)cc2N)cc1.Cc1ccc(NN)cc1.Cl.N#CCC(=O)C1CCOC1. The highest BCUT2D eigenvalue weighted by Crippen LogP contribution is 2.27. The van der Waals surface area contributed by atoms with E-state index in [4.69, 9.17) is 31.0 Å². The van der Waals surface area contributed by atoms with Crippen LogP contribution in [0.2, 0.25) is 0 Å². The summed E-state index contributed by atoms with van der Waals surface area (Å²) in [6, 6.07) is 19.3. The molecule has 2 unspecified atom stereocenters. The van der Waals surface area contributed by atoms with Crippen molar-refractivity contribution in [3.63, 3.8) is 0 Å². The summed E-state index contributed by atoms with van der Waals surface area (Å²) >= 11 is 0. The minimum absolute atomic E-state index is 0. The highest BCUT2D eigenvalue weighted by atomic mass is 35.5. The Morgan fingerprint density at radius 2 is 1.79 bits per heavy atom. The normalized spacial score (nSPS) is 17.4. The van der Waals surface area contributed by atoms with Gasteiger partial charge in [0.25, 0.3) is 0 Å². The quantitative estimate of drug-likeness (QED) is 0.300. The molecule has 210 valence electrons. The zero-order valence-corrected chi connectivity index (χ0v) is 23.2. The molecule has 0 aliphatic carbocycles. The molecule has 2 aromatic carbocycles. The fourth-order valence-corrected chi connectivity index (χ4v) is 3.97. The first kappa shape index (κ1) is 31.6. The molecular formula is C28H37ClN6O4. The van der Waals surface area contributed by atoms with E-state index in [-0.39, 0.29) is 30.5 Å². The van der Waals surface area contributed by atoms with Gasteiger partial charge in [0.1, 0.15) is 11.6 Å². The van der Waals surface area contributed by atoms with Crippen LogP contribution in [0.3, 0.4) is 0 Å². The molecule has 2 fully saturated rings. The van der Waals surface area contributed by atoms with E-state index in [2.05, 4.69) is 10.5 Å². The van der Waals surface area contributed by atoms with E-state index >= 15 is 0 Å². The second-order valence-electron chi connectivity index (χ2n) is 9.04. The predicted molar refractivity (Wildman–Crippen MR) is 153 cm³/mol. The van der Waals surface area contributed by atoms with Crippen molar-refractivity contribution in [2.45, 2.75) is 32.1 Å². The lowest BCUT2D eigenvalue weighted by atomic mass is 10.0. The maximum absolute atomic E-state index is 10.9. The van der Waals surface area contributed by atoms with E-state index < -0.39 is 0 Å². The van der Waals surface area contributed by atoms with Gasteiger partial charge in [-0.3, -0.25) is 10.6 Å². The van der Waals surface area contributed by atoms with Gasteiger partial charge in [0, 0.05) is 36.8 Å². The number of carbonyl (C=O) groups is 1. The lowest BCUT2D eigenvalue weighted by Crippen LogP contribution is -2.12. The second-order valence-corrected chi connectivity index (χ2v) is 9.04. The molecule has 2 aliphatic heterocycles. The van der Waals surface area contributed by atoms with E-state index in [9.17, 15) is 4.79 Å². The fourth-order valence-electron chi connectivity index (χ4n) is 3.97. The van der Waals surface area contributed by atoms with E-state index in [1.165, 1.54) is 5.56 Å². The molecule has 3 heterocycles. The third-order valence-corrected chi connectivity index (χ3v) is 6.28. The van der Waals surface area contributed by atoms with Crippen molar-refractivity contribution in [2.24, 2.45) is 11.8 Å². The monoisotopic (exact) mass is 556 g/mol. The van der Waals surface area contributed by atoms with Crippen LogP contribution >= 0.6 is 12.4 Å². The van der Waals surface area contributed by atoms with Crippen molar-refractivity contribution < 1.29 is 19.0 Å². The molecule has 5 N–H and O–H groups in total. The Hall–Kier alpha value is -3.62. The van der Waals surface area contributed by atoms with Crippen LogP contribution < -0.4 is 21.7 Å². The number of hydrazine groups is 1. The smallest absolute Gasteiger partial charge is 0.152 e. The van der Waals surface area contributed by atoms with Gasteiger partial charge < -0.3 is 25.4 Å². The predicted octanol–water partition coefficient (Wildman–Crippen LogP) is 4.18. The van der Waals surface area contributed by atoms with Crippen molar-refractivity contribution in [3.05, 3.63) is 65.9 Å². The number of nitrogens with zero attached hydrogens (tertiary/aromatic N) is 3. The Labute approximate surface area is 235 Å². The molecule has 5 rings (SSSR count). The molecular weight excluding hydrogens is 520 g/mol. The van der Waals surface area contributed by atoms with E-state index in [0.29, 0.717) is 24.9 Å². The molecule has 1 aromatic heterocycles. The number of hydrogen-bond acceptors (Lipinski definition) is 9. The zero-order valence-electron chi connectivity index (χ0n) is 22.3. The Balaban J connectivity index is 0.000000226. The van der Waals surface area contributed by atoms with Gasteiger partial charge >= 0.3 is 0 Å². The number of methoxy groups -OCH3 is 1. The van der Waals surface area contributed by atoms with Crippen LogP contribution in [-0.2, 0) is 14.3 Å². The van der Waals surface area contributed by atoms with E-state index in [0.717, 1.165) is 48.9 Å². The number of rotatable bonds is 6. The Morgan fingerprint density at radius 1 is 1.13 bits per heavy atom. The maximum Gasteiger partial charge on any atom is 0.152 e. The van der Waals surface area contributed by atoms with Gasteiger partial charge in [0.15, 0.2) is 5.78 Å². The summed E-state index contributed by atoms with van der Waals surface area (Å²) in [5.74, 6) is 7.00. The number of nitriles is 1. The Bertz CT molecular complexity index is 1180. The molecule has 2 aliphatic rings. The zero-order chi connectivity index (χ0) is 27.3. The van der Waals surface area contributed by atoms with E-state index in [1.807, 2.05) is 67.6 Å². The van der Waals surface area contributed by atoms with Gasteiger partial charge in [-0.2, -0.15) is 10.4 Å². The molecule has 0 saturated carbocycles. The van der Waals surface area contributed by atoms with Gasteiger partial charge in [0.05, 0.1) is 44.2 Å². The topological polar surface area (TPSA) is 150 Å². The van der Waals surface area contributed by atoms with Crippen LogP contribution in [0.4, 0.5) is 11.5 Å². The lowest BCUT2D eigenvalue weighted by Gasteiger charge is -2.06. The highest BCUT2D eigenvalue weighted by molar-refractivity contribution is 5.85. The average molecular weight is 557 g/mol. The number of nitrogens with two attached hydrogens (primary N) is 2. The van der Waals surface area contributed by atoms with Crippen molar-refractivity contribution >= 4 is 29.7 Å². The number of anilines is 2. The standard InChI is InChI=1S/C14H17N3O2.C7H10N2.C7H9NO2.ClH/c1-18-12-4-2-11(3-5-12)17-14(15)8-13(16-17)10-6-7-19-9-10;1-6-2-4-7(9-8)5-3-6;8-3-1-7(9)6-2-4-10-5-6;/h2-5,8,10H,6-7,9,15H2,1H3;2-5,9H,8H2,1H3;6H,1-2,4-5H2;1H. The highest BCUT2D eigenvalue weighted by Gasteiger charge is 2.23. The number of nitrogens with one attached hydrogen (secondary N) is 1. The number of ketones is 1. The molecule has 0 radical (unpaired) electrons. The minimum Gasteiger partial charge on any atom is -0.497 e. The summed E-state index contributed by atoms with van der Waals surface area (Å²) in [6.07, 6.45) is 1.84. The van der Waals surface area contributed by atoms with Crippen molar-refractivity contribution in [1.82, 2.24) is 9.78 Å². The van der Waals surface area contributed by atoms with Crippen LogP contribution in [-0.4, -0.2) is 49.1 Å². The van der Waals surface area contributed by atoms with Gasteiger partial charge in [-0.25, -0.2) is 4.68 Å². The lowest BCUT2D eigenvalue weighted by molar-refractivity contribution is -0.121. The van der Waals surface area contributed by atoms with Crippen molar-refractivity contribution in [1.29, 1.82) is 5.26 Å². The number of benzene rings is 2. The summed E-state index contributed by atoms with van der Waals surface area (Å²) in [6.45, 7) is 4.77. The second kappa shape index (κ2) is 16.4. The largest absolute Gasteiger partial charge is 0.497 e. The molecule has 0 bridgehead atoms. The Kier molecular flexibility index (Phi) is 13.3. The molecule has 3 aromatic rings. The minimum atomic E-state index is -0.000324. The third-order valence-electron chi connectivity index (χ3n) is 6.28. The molecule has 0 spiro atoms. The first-order chi connectivity index (χ1) is 18.4.